The maximum atomic E-state index is 11.3. The molecule has 1 aromatic rings. The monoisotopic (exact) mass is 248 g/mol. The first-order valence-electron chi connectivity index (χ1n) is 5.04. The zero-order valence-corrected chi connectivity index (χ0v) is 9.76. The highest BCUT2D eigenvalue weighted by atomic mass is 16.6. The minimum atomic E-state index is -0.698. The molecular weight excluding hydrogens is 238 g/mol. The van der Waals surface area contributed by atoms with E-state index < -0.39 is 10.8 Å². The third kappa shape index (κ3) is 1.56. The number of carbonyl (C=O) groups excluding carboxylic acids is 1. The molecule has 1 aliphatic heterocycles. The van der Waals surface area contributed by atoms with Crippen LogP contribution in [-0.2, 0) is 4.79 Å². The lowest BCUT2D eigenvalue weighted by molar-refractivity contribution is -0.384. The van der Waals surface area contributed by atoms with Gasteiger partial charge >= 0.3 is 0 Å². The topological polar surface area (TPSA) is 110 Å². The molecule has 2 N–H and O–H groups in total. The van der Waals surface area contributed by atoms with Gasteiger partial charge in [0.05, 0.1) is 23.2 Å². The molecule has 7 heteroatoms. The molecule has 0 spiro atoms. The second-order valence-corrected chi connectivity index (χ2v) is 3.76. The van der Waals surface area contributed by atoms with Crippen molar-refractivity contribution in [3.63, 3.8) is 0 Å². The van der Waals surface area contributed by atoms with Gasteiger partial charge in [-0.15, -0.1) is 0 Å². The van der Waals surface area contributed by atoms with Crippen molar-refractivity contribution in [2.75, 3.05) is 7.11 Å². The molecule has 7 nitrogen and oxygen atoms in total. The highest BCUT2D eigenvalue weighted by molar-refractivity contribution is 6.22. The summed E-state index contributed by atoms with van der Waals surface area (Å²) in [5, 5.41) is 14.8. The maximum absolute atomic E-state index is 11.3. The Morgan fingerprint density at radius 2 is 2.22 bits per heavy atom. The number of fused-ring (bicyclic) bond motifs is 1. The summed E-state index contributed by atoms with van der Waals surface area (Å²) < 4.78 is 5.17. The molecule has 0 saturated heterocycles. The number of benzene rings is 1. The lowest BCUT2D eigenvalue weighted by Gasteiger charge is -2.11. The minimum Gasteiger partial charge on any atom is -0.496 e. The normalized spacial score (nSPS) is 12.4. The van der Waals surface area contributed by atoms with E-state index in [1.54, 1.807) is 6.92 Å². The molecule has 1 heterocycles. The zero-order valence-electron chi connectivity index (χ0n) is 9.76. The van der Waals surface area contributed by atoms with Crippen molar-refractivity contribution in [3.05, 3.63) is 33.5 Å². The Hall–Kier alpha value is -2.57. The van der Waals surface area contributed by atoms with Crippen LogP contribution in [0.25, 0.3) is 5.57 Å². The molecule has 0 fully saturated rings. The molecule has 2 rings (SSSR count). The van der Waals surface area contributed by atoms with Crippen LogP contribution in [0.15, 0.2) is 12.3 Å². The molecule has 18 heavy (non-hydrogen) atoms. The Morgan fingerprint density at radius 1 is 1.56 bits per heavy atom. The maximum Gasteiger partial charge on any atom is 0.296 e. The Labute approximate surface area is 102 Å². The summed E-state index contributed by atoms with van der Waals surface area (Å²) in [6.45, 7) is 1.66. The smallest absolute Gasteiger partial charge is 0.296 e. The van der Waals surface area contributed by atoms with E-state index in [0.717, 1.165) is 0 Å². The molecule has 1 aromatic carbocycles. The number of ether oxygens (including phenoxy) is 1. The number of rotatable bonds is 3. The highest BCUT2D eigenvalue weighted by Gasteiger charge is 2.32. The van der Waals surface area contributed by atoms with Crippen molar-refractivity contribution >= 4 is 22.9 Å². The van der Waals surface area contributed by atoms with Gasteiger partial charge in [-0.1, -0.05) is 0 Å². The highest BCUT2D eigenvalue weighted by Crippen LogP contribution is 2.45. The van der Waals surface area contributed by atoms with E-state index in [4.69, 9.17) is 10.5 Å². The summed E-state index contributed by atoms with van der Waals surface area (Å²) in [6, 6.07) is 1.36. The molecule has 0 unspecified atom stereocenters. The summed E-state index contributed by atoms with van der Waals surface area (Å²) in [6.07, 6.45) is 1.22. The van der Waals surface area contributed by atoms with Crippen LogP contribution >= 0.6 is 0 Å². The number of nitro benzene ring substituents is 1. The molecule has 0 aliphatic carbocycles. The van der Waals surface area contributed by atoms with Crippen LogP contribution in [0.1, 0.15) is 11.1 Å². The van der Waals surface area contributed by atoms with Crippen LogP contribution in [0.4, 0.5) is 11.4 Å². The van der Waals surface area contributed by atoms with Gasteiger partial charge in [-0.3, -0.25) is 14.9 Å². The van der Waals surface area contributed by atoms with Crippen LogP contribution < -0.4 is 15.8 Å². The predicted molar refractivity (Wildman–Crippen MR) is 63.4 cm³/mol. The lowest BCUT2D eigenvalue weighted by Crippen LogP contribution is -2.12. The molecule has 1 amide bonds. The van der Waals surface area contributed by atoms with E-state index in [2.05, 4.69) is 5.32 Å². The van der Waals surface area contributed by atoms with E-state index in [-0.39, 0.29) is 22.5 Å². The number of methoxy groups -OCH3 is 1. The van der Waals surface area contributed by atoms with Crippen molar-refractivity contribution in [2.24, 2.45) is 5.73 Å². The summed E-state index contributed by atoms with van der Waals surface area (Å²) >= 11 is 0. The van der Waals surface area contributed by atoms with Crippen molar-refractivity contribution in [1.82, 2.24) is 5.32 Å². The SMILES string of the molecule is COc1c(C)cc([N+](=O)[O-])c2c1C(C(N)=O)=C[N]2. The molecule has 0 bridgehead atoms. The molecule has 0 aromatic heterocycles. The van der Waals surface area contributed by atoms with Crippen LogP contribution in [0.3, 0.4) is 0 Å². The molecule has 1 aliphatic rings. The van der Waals surface area contributed by atoms with Crippen molar-refractivity contribution < 1.29 is 14.5 Å². The fraction of sp³-hybridized carbons (Fsp3) is 0.182. The number of primary amides is 1. The van der Waals surface area contributed by atoms with Gasteiger partial charge in [0.2, 0.25) is 0 Å². The number of nitro groups is 1. The average molecular weight is 248 g/mol. The quantitative estimate of drug-likeness (QED) is 0.635. The second-order valence-electron chi connectivity index (χ2n) is 3.76. The molecule has 0 saturated carbocycles. The summed E-state index contributed by atoms with van der Waals surface area (Å²) in [7, 11) is 1.42. The van der Waals surface area contributed by atoms with Gasteiger partial charge in [-0.05, 0) is 12.5 Å². The number of nitrogens with zero attached hydrogens (tertiary/aromatic N) is 2. The van der Waals surface area contributed by atoms with E-state index in [1.165, 1.54) is 19.4 Å². The number of hydrogen-bond acceptors (Lipinski definition) is 4. The molecule has 0 atom stereocenters. The van der Waals surface area contributed by atoms with Crippen molar-refractivity contribution in [3.8, 4) is 5.75 Å². The van der Waals surface area contributed by atoms with E-state index >= 15 is 0 Å². The van der Waals surface area contributed by atoms with Crippen LogP contribution in [0.2, 0.25) is 0 Å². The molecule has 1 radical (unpaired) electrons. The lowest BCUT2D eigenvalue weighted by atomic mass is 10.0. The van der Waals surface area contributed by atoms with Gasteiger partial charge in [0.25, 0.3) is 11.6 Å². The summed E-state index contributed by atoms with van der Waals surface area (Å²) in [5.41, 5.74) is 6.11. The Kier molecular flexibility index (Phi) is 2.66. The van der Waals surface area contributed by atoms with Gasteiger partial charge in [0.1, 0.15) is 5.75 Å². The van der Waals surface area contributed by atoms with E-state index in [1.807, 2.05) is 0 Å². The Bertz CT molecular complexity index is 592. The third-order valence-electron chi connectivity index (χ3n) is 2.68. The first-order valence-corrected chi connectivity index (χ1v) is 5.04. The fourth-order valence-corrected chi connectivity index (χ4v) is 1.94. The average Bonchev–Trinajstić information content (AvgIpc) is 2.72. The zero-order chi connectivity index (χ0) is 13.4. The number of aryl methyl sites for hydroxylation is 1. The molecular formula is C11H10N3O4. The van der Waals surface area contributed by atoms with Gasteiger partial charge in [-0.2, -0.15) is 0 Å². The first-order chi connectivity index (χ1) is 8.47. The standard InChI is InChI=1S/C11H10N3O4/c1-5-3-7(14(16)17)9-8(10(5)18-2)6(4-13-9)11(12)15/h3-4H,1-2H3,(H2,12,15). The Balaban J connectivity index is 2.77. The van der Waals surface area contributed by atoms with Crippen LogP contribution in [0, 0.1) is 17.0 Å². The number of carbonyl (C=O) groups is 1. The van der Waals surface area contributed by atoms with E-state index in [0.29, 0.717) is 11.3 Å². The van der Waals surface area contributed by atoms with E-state index in [9.17, 15) is 14.9 Å². The second kappa shape index (κ2) is 4.02. The van der Waals surface area contributed by atoms with Crippen molar-refractivity contribution in [2.45, 2.75) is 6.92 Å². The minimum absolute atomic E-state index is 0.108. The number of hydrogen-bond donors (Lipinski definition) is 1. The number of amides is 1. The molecule has 93 valence electrons. The van der Waals surface area contributed by atoms with Gasteiger partial charge < -0.3 is 10.5 Å². The fourth-order valence-electron chi connectivity index (χ4n) is 1.94. The van der Waals surface area contributed by atoms with Crippen LogP contribution in [0.5, 0.6) is 5.75 Å². The number of nitrogens with two attached hydrogens (primary N) is 1. The summed E-state index contributed by atoms with van der Waals surface area (Å²) in [5.74, 6) is -0.322. The van der Waals surface area contributed by atoms with Crippen LogP contribution in [-0.4, -0.2) is 17.9 Å². The Morgan fingerprint density at radius 3 is 2.72 bits per heavy atom. The predicted octanol–water partition coefficient (Wildman–Crippen LogP) is 0.988. The van der Waals surface area contributed by atoms with Gasteiger partial charge in [0.15, 0.2) is 5.69 Å². The van der Waals surface area contributed by atoms with Gasteiger partial charge in [0, 0.05) is 12.3 Å². The van der Waals surface area contributed by atoms with Crippen molar-refractivity contribution in [1.29, 1.82) is 0 Å². The van der Waals surface area contributed by atoms with Gasteiger partial charge in [-0.25, -0.2) is 5.32 Å². The first kappa shape index (κ1) is 11.9. The largest absolute Gasteiger partial charge is 0.496 e. The summed E-state index contributed by atoms with van der Waals surface area (Å²) in [4.78, 5) is 21.7. The third-order valence-corrected chi connectivity index (χ3v) is 2.68.